The highest BCUT2D eigenvalue weighted by atomic mass is 16.2. The quantitative estimate of drug-likeness (QED) is 0.846. The van der Waals surface area contributed by atoms with Gasteiger partial charge in [-0.1, -0.05) is 19.8 Å². The highest BCUT2D eigenvalue weighted by Gasteiger charge is 2.29. The second kappa shape index (κ2) is 8.14. The van der Waals surface area contributed by atoms with Crippen molar-refractivity contribution in [3.8, 4) is 0 Å². The number of amides is 1. The van der Waals surface area contributed by atoms with Crippen LogP contribution in [0.4, 0.5) is 0 Å². The minimum Gasteiger partial charge on any atom is -0.341 e. The van der Waals surface area contributed by atoms with Crippen molar-refractivity contribution in [2.24, 2.45) is 11.7 Å². The summed E-state index contributed by atoms with van der Waals surface area (Å²) in [5.41, 5.74) is 6.01. The molecule has 2 fully saturated rings. The summed E-state index contributed by atoms with van der Waals surface area (Å²) in [6, 6.07) is 0.426. The zero-order valence-electron chi connectivity index (χ0n) is 13.9. The first-order valence-corrected chi connectivity index (χ1v) is 8.90. The number of hydrogen-bond donors (Lipinski definition) is 1. The van der Waals surface area contributed by atoms with Crippen LogP contribution in [-0.4, -0.2) is 54.0 Å². The average Bonchev–Trinajstić information content (AvgIpc) is 2.49. The summed E-state index contributed by atoms with van der Waals surface area (Å²) >= 11 is 0. The summed E-state index contributed by atoms with van der Waals surface area (Å²) in [7, 11) is 0. The first-order chi connectivity index (χ1) is 10.1. The molecule has 2 aliphatic rings. The van der Waals surface area contributed by atoms with Gasteiger partial charge in [-0.05, 0) is 51.5 Å². The lowest BCUT2D eigenvalue weighted by Gasteiger charge is -2.40. The Morgan fingerprint density at radius 2 is 2.05 bits per heavy atom. The van der Waals surface area contributed by atoms with Crippen LogP contribution in [0.25, 0.3) is 0 Å². The summed E-state index contributed by atoms with van der Waals surface area (Å²) in [5.74, 6) is 0.810. The van der Waals surface area contributed by atoms with Gasteiger partial charge in [-0.15, -0.1) is 0 Å². The van der Waals surface area contributed by atoms with E-state index in [4.69, 9.17) is 5.73 Å². The molecule has 0 unspecified atom stereocenters. The van der Waals surface area contributed by atoms with Crippen molar-refractivity contribution in [2.75, 3.05) is 26.2 Å². The number of nitrogens with zero attached hydrogens (tertiary/aromatic N) is 2. The zero-order valence-corrected chi connectivity index (χ0v) is 13.9. The molecule has 2 rings (SSSR count). The monoisotopic (exact) mass is 295 g/mol. The fourth-order valence-corrected chi connectivity index (χ4v) is 3.84. The van der Waals surface area contributed by atoms with Crippen LogP contribution in [0.5, 0.6) is 0 Å². The van der Waals surface area contributed by atoms with E-state index in [0.717, 1.165) is 38.9 Å². The van der Waals surface area contributed by atoms with E-state index in [1.54, 1.807) is 0 Å². The van der Waals surface area contributed by atoms with Gasteiger partial charge in [0, 0.05) is 25.7 Å². The first-order valence-electron chi connectivity index (χ1n) is 8.90. The van der Waals surface area contributed by atoms with Crippen LogP contribution in [0.15, 0.2) is 0 Å². The Hall–Kier alpha value is -0.610. The van der Waals surface area contributed by atoms with Crippen LogP contribution in [-0.2, 0) is 4.79 Å². The van der Waals surface area contributed by atoms with Gasteiger partial charge in [-0.3, -0.25) is 4.79 Å². The number of carbonyl (C=O) groups is 1. The van der Waals surface area contributed by atoms with Crippen molar-refractivity contribution in [2.45, 2.75) is 70.9 Å². The molecule has 2 heterocycles. The van der Waals surface area contributed by atoms with Crippen LogP contribution in [0.3, 0.4) is 0 Å². The van der Waals surface area contributed by atoms with Crippen LogP contribution in [0.1, 0.15) is 58.8 Å². The van der Waals surface area contributed by atoms with Gasteiger partial charge in [0.15, 0.2) is 0 Å². The van der Waals surface area contributed by atoms with Crippen LogP contribution in [0.2, 0.25) is 0 Å². The average molecular weight is 295 g/mol. The molecule has 4 nitrogen and oxygen atoms in total. The molecule has 2 aliphatic heterocycles. The fraction of sp³-hybridized carbons (Fsp3) is 0.941. The van der Waals surface area contributed by atoms with Crippen molar-refractivity contribution in [3.63, 3.8) is 0 Å². The van der Waals surface area contributed by atoms with Crippen molar-refractivity contribution < 1.29 is 4.79 Å². The van der Waals surface area contributed by atoms with Crippen LogP contribution in [0, 0.1) is 5.92 Å². The van der Waals surface area contributed by atoms with E-state index in [9.17, 15) is 4.79 Å². The van der Waals surface area contributed by atoms with Crippen LogP contribution >= 0.6 is 0 Å². The summed E-state index contributed by atoms with van der Waals surface area (Å²) in [4.78, 5) is 17.0. The standard InChI is InChI=1S/C17H33N3O/c1-3-7-16(18)17(21)20-11-6-9-15(13-20)12-19-10-5-4-8-14(19)2/h14-16H,3-13,18H2,1-2H3/t14-,15-,16-/m0/s1. The van der Waals surface area contributed by atoms with Gasteiger partial charge in [0.05, 0.1) is 6.04 Å². The number of piperidine rings is 2. The second-order valence-corrected chi connectivity index (χ2v) is 7.03. The summed E-state index contributed by atoms with van der Waals surface area (Å²) in [6.07, 6.45) is 8.22. The molecular formula is C17H33N3O. The van der Waals surface area contributed by atoms with E-state index in [0.29, 0.717) is 12.0 Å². The smallest absolute Gasteiger partial charge is 0.239 e. The minimum atomic E-state index is -0.289. The third kappa shape index (κ3) is 4.68. The van der Waals surface area contributed by atoms with Crippen LogP contribution < -0.4 is 5.73 Å². The number of rotatable bonds is 5. The molecule has 0 saturated carbocycles. The van der Waals surface area contributed by atoms with E-state index in [1.165, 1.54) is 32.2 Å². The molecule has 2 saturated heterocycles. The Labute approximate surface area is 130 Å². The van der Waals surface area contributed by atoms with Gasteiger partial charge in [0.2, 0.25) is 5.91 Å². The largest absolute Gasteiger partial charge is 0.341 e. The maximum Gasteiger partial charge on any atom is 0.239 e. The number of carbonyl (C=O) groups excluding carboxylic acids is 1. The van der Waals surface area contributed by atoms with E-state index < -0.39 is 0 Å². The molecule has 0 aliphatic carbocycles. The molecule has 122 valence electrons. The molecular weight excluding hydrogens is 262 g/mol. The van der Waals surface area contributed by atoms with Crippen molar-refractivity contribution in [1.29, 1.82) is 0 Å². The lowest BCUT2D eigenvalue weighted by atomic mass is 9.94. The van der Waals surface area contributed by atoms with E-state index in [-0.39, 0.29) is 11.9 Å². The molecule has 21 heavy (non-hydrogen) atoms. The molecule has 0 aromatic heterocycles. The van der Waals surface area contributed by atoms with Crippen molar-refractivity contribution in [1.82, 2.24) is 9.80 Å². The summed E-state index contributed by atoms with van der Waals surface area (Å²) in [5, 5.41) is 0. The number of nitrogens with two attached hydrogens (primary N) is 1. The Morgan fingerprint density at radius 3 is 2.76 bits per heavy atom. The summed E-state index contributed by atoms with van der Waals surface area (Å²) < 4.78 is 0. The zero-order chi connectivity index (χ0) is 15.2. The topological polar surface area (TPSA) is 49.6 Å². The molecule has 3 atom stereocenters. The van der Waals surface area contributed by atoms with Gasteiger partial charge in [-0.2, -0.15) is 0 Å². The van der Waals surface area contributed by atoms with Gasteiger partial charge < -0.3 is 15.5 Å². The lowest BCUT2D eigenvalue weighted by Crippen LogP contribution is -2.50. The van der Waals surface area contributed by atoms with Crippen molar-refractivity contribution >= 4 is 5.91 Å². The lowest BCUT2D eigenvalue weighted by molar-refractivity contribution is -0.134. The molecule has 0 bridgehead atoms. The van der Waals surface area contributed by atoms with Gasteiger partial charge in [0.25, 0.3) is 0 Å². The van der Waals surface area contributed by atoms with E-state index in [2.05, 4.69) is 18.7 Å². The highest BCUT2D eigenvalue weighted by Crippen LogP contribution is 2.23. The van der Waals surface area contributed by atoms with Gasteiger partial charge in [-0.25, -0.2) is 0 Å². The third-order valence-electron chi connectivity index (χ3n) is 5.18. The molecule has 2 N–H and O–H groups in total. The fourth-order valence-electron chi connectivity index (χ4n) is 3.84. The Bertz CT molecular complexity index is 334. The molecule has 0 aromatic rings. The Balaban J connectivity index is 1.84. The molecule has 4 heteroatoms. The SMILES string of the molecule is CCC[C@H](N)C(=O)N1CCC[C@@H](CN2CCCC[C@@H]2C)C1. The second-order valence-electron chi connectivity index (χ2n) is 7.03. The van der Waals surface area contributed by atoms with Gasteiger partial charge >= 0.3 is 0 Å². The molecule has 0 spiro atoms. The normalized spacial score (nSPS) is 29.4. The Kier molecular flexibility index (Phi) is 6.49. The number of hydrogen-bond acceptors (Lipinski definition) is 3. The Morgan fingerprint density at radius 1 is 1.24 bits per heavy atom. The first kappa shape index (κ1) is 16.8. The van der Waals surface area contributed by atoms with E-state index in [1.807, 2.05) is 4.90 Å². The highest BCUT2D eigenvalue weighted by molar-refractivity contribution is 5.81. The molecule has 0 radical (unpaired) electrons. The predicted molar refractivity (Wildman–Crippen MR) is 87.1 cm³/mol. The minimum absolute atomic E-state index is 0.174. The van der Waals surface area contributed by atoms with Crippen molar-refractivity contribution in [3.05, 3.63) is 0 Å². The maximum atomic E-state index is 12.4. The molecule has 1 amide bonds. The summed E-state index contributed by atoms with van der Waals surface area (Å²) in [6.45, 7) is 8.66. The molecule has 0 aromatic carbocycles. The number of likely N-dealkylation sites (tertiary alicyclic amines) is 2. The predicted octanol–water partition coefficient (Wildman–Crippen LogP) is 2.23. The third-order valence-corrected chi connectivity index (χ3v) is 5.18. The van der Waals surface area contributed by atoms with Gasteiger partial charge in [0.1, 0.15) is 0 Å². The van der Waals surface area contributed by atoms with E-state index >= 15 is 0 Å². The maximum absolute atomic E-state index is 12.4.